The number of likely N-dealkylation sites (tertiary alicyclic amines) is 1. The van der Waals surface area contributed by atoms with Crippen LogP contribution >= 0.6 is 0 Å². The molecular weight excluding hydrogens is 278 g/mol. The van der Waals surface area contributed by atoms with E-state index >= 15 is 0 Å². The van der Waals surface area contributed by atoms with Gasteiger partial charge in [0, 0.05) is 20.1 Å². The fraction of sp³-hybridized carbons (Fsp3) is 0.529. The van der Waals surface area contributed by atoms with Gasteiger partial charge in [0.1, 0.15) is 0 Å². The minimum Gasteiger partial charge on any atom is -0.463 e. The van der Waals surface area contributed by atoms with Gasteiger partial charge >= 0.3 is 0 Å². The van der Waals surface area contributed by atoms with Gasteiger partial charge in [0.05, 0.1) is 10.9 Å². The third-order valence-electron chi connectivity index (χ3n) is 4.33. The van der Waals surface area contributed by atoms with E-state index in [9.17, 15) is 4.79 Å². The summed E-state index contributed by atoms with van der Waals surface area (Å²) < 4.78 is 7.66. The van der Waals surface area contributed by atoms with E-state index in [1.165, 1.54) is 6.42 Å². The Balaban J connectivity index is 1.75. The Hall–Kier alpha value is -2.04. The van der Waals surface area contributed by atoms with E-state index in [2.05, 4.69) is 12.0 Å². The molecule has 2 atom stereocenters. The highest BCUT2D eigenvalue weighted by molar-refractivity contribution is 5.86. The van der Waals surface area contributed by atoms with Crippen molar-refractivity contribution in [3.63, 3.8) is 0 Å². The van der Waals surface area contributed by atoms with Gasteiger partial charge in [0.2, 0.25) is 5.88 Å². The van der Waals surface area contributed by atoms with E-state index in [1.54, 1.807) is 4.68 Å². The summed E-state index contributed by atoms with van der Waals surface area (Å²) in [6, 6.07) is 7.89. The number of carbonyl (C=O) groups is 1. The number of carbonyl (C=O) groups excluding carboxylic acids is 1. The molecule has 5 heteroatoms. The molecule has 1 aliphatic heterocycles. The summed E-state index contributed by atoms with van der Waals surface area (Å²) >= 11 is 0. The molecule has 0 aliphatic carbocycles. The lowest BCUT2D eigenvalue weighted by molar-refractivity contribution is -0.139. The number of piperidine rings is 1. The summed E-state index contributed by atoms with van der Waals surface area (Å²) in [5.41, 5.74) is 1.00. The molecule has 2 aromatic rings. The minimum absolute atomic E-state index is 0.0567. The number of rotatable bonds is 3. The standard InChI is InChI=1S/C17H23N3O2/c1-12-7-6-10-20(11-12)17(21)13(2)22-16-14-8-4-5-9-15(14)19(3)18-16/h4-5,8-9,12-13H,6-7,10-11H2,1-3H3/t12-,13+/m1/s1. The molecule has 1 aliphatic rings. The fourth-order valence-corrected chi connectivity index (χ4v) is 3.13. The molecule has 1 amide bonds. The lowest BCUT2D eigenvalue weighted by atomic mass is 10.00. The predicted octanol–water partition coefficient (Wildman–Crippen LogP) is 2.60. The molecular formula is C17H23N3O2. The molecule has 0 radical (unpaired) electrons. The molecule has 1 fully saturated rings. The van der Waals surface area contributed by atoms with Crippen LogP contribution in [0.4, 0.5) is 0 Å². The summed E-state index contributed by atoms with van der Waals surface area (Å²) in [4.78, 5) is 14.5. The van der Waals surface area contributed by atoms with Crippen LogP contribution in [0.15, 0.2) is 24.3 Å². The summed E-state index contributed by atoms with van der Waals surface area (Å²) in [7, 11) is 1.88. The van der Waals surface area contributed by atoms with E-state index in [0.717, 1.165) is 30.4 Å². The van der Waals surface area contributed by atoms with Crippen LogP contribution in [0.5, 0.6) is 5.88 Å². The number of hydrogen-bond donors (Lipinski definition) is 0. The van der Waals surface area contributed by atoms with Crippen molar-refractivity contribution in [1.29, 1.82) is 0 Å². The third-order valence-corrected chi connectivity index (χ3v) is 4.33. The van der Waals surface area contributed by atoms with Crippen LogP contribution in [0, 0.1) is 5.92 Å². The van der Waals surface area contributed by atoms with Crippen LogP contribution in [0.2, 0.25) is 0 Å². The maximum Gasteiger partial charge on any atom is 0.263 e. The highest BCUT2D eigenvalue weighted by Gasteiger charge is 2.27. The fourth-order valence-electron chi connectivity index (χ4n) is 3.13. The van der Waals surface area contributed by atoms with E-state index in [-0.39, 0.29) is 5.91 Å². The van der Waals surface area contributed by atoms with Crippen molar-refractivity contribution in [1.82, 2.24) is 14.7 Å². The monoisotopic (exact) mass is 301 g/mol. The zero-order valence-corrected chi connectivity index (χ0v) is 13.5. The van der Waals surface area contributed by atoms with Gasteiger partial charge in [-0.15, -0.1) is 5.10 Å². The number of aromatic nitrogens is 2. The van der Waals surface area contributed by atoms with E-state index in [4.69, 9.17) is 4.74 Å². The zero-order chi connectivity index (χ0) is 15.7. The molecule has 0 saturated carbocycles. The zero-order valence-electron chi connectivity index (χ0n) is 13.5. The minimum atomic E-state index is -0.511. The second kappa shape index (κ2) is 5.99. The van der Waals surface area contributed by atoms with Crippen LogP contribution < -0.4 is 4.74 Å². The van der Waals surface area contributed by atoms with Gasteiger partial charge < -0.3 is 9.64 Å². The summed E-state index contributed by atoms with van der Waals surface area (Å²) in [5.74, 6) is 1.16. The highest BCUT2D eigenvalue weighted by Crippen LogP contribution is 2.25. The van der Waals surface area contributed by atoms with E-state index in [1.807, 2.05) is 43.1 Å². The first kappa shape index (κ1) is 14.9. The Bertz CT molecular complexity index is 680. The molecule has 5 nitrogen and oxygen atoms in total. The smallest absolute Gasteiger partial charge is 0.263 e. The molecule has 118 valence electrons. The summed E-state index contributed by atoms with van der Waals surface area (Å²) in [5, 5.41) is 5.34. The largest absolute Gasteiger partial charge is 0.463 e. The predicted molar refractivity (Wildman–Crippen MR) is 85.8 cm³/mol. The topological polar surface area (TPSA) is 47.4 Å². The lowest BCUT2D eigenvalue weighted by Crippen LogP contribution is -2.45. The Morgan fingerprint density at radius 3 is 2.95 bits per heavy atom. The number of nitrogens with zero attached hydrogens (tertiary/aromatic N) is 3. The molecule has 0 bridgehead atoms. The first-order valence-corrected chi connectivity index (χ1v) is 7.93. The van der Waals surface area contributed by atoms with Gasteiger partial charge in [0.25, 0.3) is 5.91 Å². The van der Waals surface area contributed by atoms with Gasteiger partial charge in [0.15, 0.2) is 6.10 Å². The van der Waals surface area contributed by atoms with Gasteiger partial charge in [-0.05, 0) is 37.8 Å². The van der Waals surface area contributed by atoms with Crippen LogP contribution in [0.25, 0.3) is 10.9 Å². The highest BCUT2D eigenvalue weighted by atomic mass is 16.5. The third kappa shape index (κ3) is 2.80. The molecule has 2 heterocycles. The van der Waals surface area contributed by atoms with Crippen molar-refractivity contribution in [2.75, 3.05) is 13.1 Å². The van der Waals surface area contributed by atoms with Crippen LogP contribution in [-0.2, 0) is 11.8 Å². The van der Waals surface area contributed by atoms with E-state index < -0.39 is 6.10 Å². The normalized spacial score (nSPS) is 20.1. The molecule has 1 aromatic heterocycles. The van der Waals surface area contributed by atoms with Crippen molar-refractivity contribution >= 4 is 16.8 Å². The second-order valence-corrected chi connectivity index (χ2v) is 6.24. The SMILES string of the molecule is C[C@@H]1CCCN(C(=O)[C@H](C)Oc2nn(C)c3ccccc23)C1. The van der Waals surface area contributed by atoms with Crippen LogP contribution in [0.1, 0.15) is 26.7 Å². The Labute approximate surface area is 130 Å². The van der Waals surface area contributed by atoms with Gasteiger partial charge in [-0.25, -0.2) is 0 Å². The van der Waals surface area contributed by atoms with E-state index in [0.29, 0.717) is 11.8 Å². The number of fused-ring (bicyclic) bond motifs is 1. The first-order valence-electron chi connectivity index (χ1n) is 7.93. The van der Waals surface area contributed by atoms with Crippen molar-refractivity contribution in [2.24, 2.45) is 13.0 Å². The van der Waals surface area contributed by atoms with Crippen molar-refractivity contribution in [3.05, 3.63) is 24.3 Å². The average molecular weight is 301 g/mol. The average Bonchev–Trinajstić information content (AvgIpc) is 2.83. The molecule has 0 N–H and O–H groups in total. The second-order valence-electron chi connectivity index (χ2n) is 6.24. The number of benzene rings is 1. The number of ether oxygens (including phenoxy) is 1. The Kier molecular flexibility index (Phi) is 4.05. The first-order chi connectivity index (χ1) is 10.6. The molecule has 0 spiro atoms. The van der Waals surface area contributed by atoms with Gasteiger partial charge in [-0.1, -0.05) is 19.1 Å². The number of para-hydroxylation sites is 1. The maximum atomic E-state index is 12.6. The van der Waals surface area contributed by atoms with Crippen molar-refractivity contribution in [3.8, 4) is 5.88 Å². The molecule has 22 heavy (non-hydrogen) atoms. The molecule has 1 saturated heterocycles. The van der Waals surface area contributed by atoms with Gasteiger partial charge in [-0.3, -0.25) is 9.48 Å². The molecule has 1 aromatic carbocycles. The Morgan fingerprint density at radius 1 is 1.41 bits per heavy atom. The lowest BCUT2D eigenvalue weighted by Gasteiger charge is -2.32. The summed E-state index contributed by atoms with van der Waals surface area (Å²) in [6.07, 6.45) is 1.76. The number of amides is 1. The number of hydrogen-bond acceptors (Lipinski definition) is 3. The molecule has 0 unspecified atom stereocenters. The Morgan fingerprint density at radius 2 is 2.18 bits per heavy atom. The number of aryl methyl sites for hydroxylation is 1. The summed E-state index contributed by atoms with van der Waals surface area (Å²) in [6.45, 7) is 5.66. The maximum absolute atomic E-state index is 12.6. The van der Waals surface area contributed by atoms with Crippen LogP contribution in [-0.4, -0.2) is 39.8 Å². The van der Waals surface area contributed by atoms with Crippen molar-refractivity contribution in [2.45, 2.75) is 32.8 Å². The van der Waals surface area contributed by atoms with Crippen molar-refractivity contribution < 1.29 is 9.53 Å². The van der Waals surface area contributed by atoms with Crippen LogP contribution in [0.3, 0.4) is 0 Å². The van der Waals surface area contributed by atoms with Gasteiger partial charge in [-0.2, -0.15) is 0 Å². The molecule has 3 rings (SSSR count). The quantitative estimate of drug-likeness (QED) is 0.875.